The Labute approximate surface area is 163 Å². The summed E-state index contributed by atoms with van der Waals surface area (Å²) in [6, 6.07) is 13.1. The summed E-state index contributed by atoms with van der Waals surface area (Å²) in [6.07, 6.45) is 0. The fraction of sp³-hybridized carbons (Fsp3) is 0.250. The van der Waals surface area contributed by atoms with Gasteiger partial charge in [0.2, 0.25) is 0 Å². The molecule has 3 rings (SSSR count). The topological polar surface area (TPSA) is 60.2 Å². The molecule has 7 heteroatoms. The highest BCUT2D eigenvalue weighted by atomic mass is 35.5. The molecule has 27 heavy (non-hydrogen) atoms. The first-order valence-corrected chi connectivity index (χ1v) is 8.85. The zero-order valence-electron chi connectivity index (χ0n) is 15.7. The average Bonchev–Trinajstić information content (AvgIpc) is 3.03. The molecule has 0 bridgehead atoms. The van der Waals surface area contributed by atoms with Crippen LogP contribution in [0.1, 0.15) is 27.3 Å². The second-order valence-corrected chi connectivity index (χ2v) is 6.82. The Morgan fingerprint density at radius 3 is 2.67 bits per heavy atom. The first-order valence-electron chi connectivity index (χ1n) is 8.48. The van der Waals surface area contributed by atoms with Gasteiger partial charge in [-0.1, -0.05) is 35.4 Å². The van der Waals surface area contributed by atoms with Crippen LogP contribution in [0.15, 0.2) is 42.5 Å². The van der Waals surface area contributed by atoms with Crippen LogP contribution < -0.4 is 4.74 Å². The normalized spacial score (nSPS) is 10.7. The summed E-state index contributed by atoms with van der Waals surface area (Å²) in [7, 11) is 3.36. The summed E-state index contributed by atoms with van der Waals surface area (Å²) in [5, 5.41) is 9.31. The maximum absolute atomic E-state index is 12.9. The number of amides is 1. The van der Waals surface area contributed by atoms with Crippen LogP contribution in [0.3, 0.4) is 0 Å². The first kappa shape index (κ1) is 18.9. The zero-order valence-corrected chi connectivity index (χ0v) is 16.5. The number of halogens is 1. The maximum Gasteiger partial charge on any atom is 0.276 e. The first-order chi connectivity index (χ1) is 12.9. The van der Waals surface area contributed by atoms with Gasteiger partial charge in [-0.05, 0) is 38.1 Å². The van der Waals surface area contributed by atoms with Gasteiger partial charge in [-0.25, -0.2) is 0 Å². The van der Waals surface area contributed by atoms with Crippen molar-refractivity contribution in [3.63, 3.8) is 0 Å². The Bertz CT molecular complexity index is 984. The quantitative estimate of drug-likeness (QED) is 0.671. The van der Waals surface area contributed by atoms with Gasteiger partial charge in [-0.15, -0.1) is 5.10 Å². The number of carbonyl (C=O) groups excluding carboxylic acids is 1. The van der Waals surface area contributed by atoms with Gasteiger partial charge in [0, 0.05) is 24.2 Å². The summed E-state index contributed by atoms with van der Waals surface area (Å²) < 4.78 is 5.40. The van der Waals surface area contributed by atoms with E-state index in [2.05, 4.69) is 10.2 Å². The molecule has 0 N–H and O–H groups in total. The van der Waals surface area contributed by atoms with Crippen LogP contribution >= 0.6 is 11.6 Å². The van der Waals surface area contributed by atoms with Crippen molar-refractivity contribution in [1.29, 1.82) is 0 Å². The molecule has 0 aliphatic rings. The molecule has 0 fully saturated rings. The zero-order chi connectivity index (χ0) is 19.6. The molecule has 2 aromatic carbocycles. The number of aromatic nitrogens is 3. The molecule has 3 aromatic rings. The van der Waals surface area contributed by atoms with Crippen molar-refractivity contribution < 1.29 is 9.53 Å². The number of rotatable bonds is 5. The van der Waals surface area contributed by atoms with E-state index in [9.17, 15) is 4.79 Å². The van der Waals surface area contributed by atoms with Crippen LogP contribution in [-0.2, 0) is 6.54 Å². The van der Waals surface area contributed by atoms with Crippen LogP contribution in [-0.4, -0.2) is 40.0 Å². The lowest BCUT2D eigenvalue weighted by Crippen LogP contribution is -2.27. The highest BCUT2D eigenvalue weighted by Crippen LogP contribution is 2.22. The van der Waals surface area contributed by atoms with E-state index in [0.29, 0.717) is 28.6 Å². The lowest BCUT2D eigenvalue weighted by molar-refractivity contribution is 0.0777. The molecule has 1 aromatic heterocycles. The lowest BCUT2D eigenvalue weighted by atomic mass is 10.1. The molecule has 1 amide bonds. The Morgan fingerprint density at radius 2 is 1.96 bits per heavy atom. The molecular weight excluding hydrogens is 364 g/mol. The van der Waals surface area contributed by atoms with Crippen LogP contribution in [0.25, 0.3) is 5.69 Å². The third-order valence-corrected chi connectivity index (χ3v) is 4.45. The molecule has 6 nitrogen and oxygen atoms in total. The third-order valence-electron chi connectivity index (χ3n) is 4.21. The van der Waals surface area contributed by atoms with Crippen molar-refractivity contribution in [2.45, 2.75) is 20.4 Å². The smallest absolute Gasteiger partial charge is 0.276 e. The average molecular weight is 385 g/mol. The van der Waals surface area contributed by atoms with Crippen molar-refractivity contribution >= 4 is 17.5 Å². The van der Waals surface area contributed by atoms with Gasteiger partial charge in [0.05, 0.1) is 18.5 Å². The number of ether oxygens (including phenoxy) is 1. The lowest BCUT2D eigenvalue weighted by Gasteiger charge is -2.18. The molecule has 0 spiro atoms. The largest absolute Gasteiger partial charge is 0.496 e. The molecule has 0 unspecified atom stereocenters. The Morgan fingerprint density at radius 1 is 1.19 bits per heavy atom. The standard InChI is InChI=1S/C20H21ClN4O2/c1-13-8-9-18(27-4)15(10-13)12-24(3)20(26)19-14(2)22-25(23-19)17-7-5-6-16(21)11-17/h5-11H,12H2,1-4H3. The number of benzene rings is 2. The number of hydrogen-bond donors (Lipinski definition) is 0. The summed E-state index contributed by atoms with van der Waals surface area (Å²) in [5.74, 6) is 0.545. The Balaban J connectivity index is 1.85. The molecule has 0 saturated heterocycles. The van der Waals surface area contributed by atoms with Crippen molar-refractivity contribution in [1.82, 2.24) is 19.9 Å². The van der Waals surface area contributed by atoms with Crippen LogP contribution in [0.5, 0.6) is 5.75 Å². The van der Waals surface area contributed by atoms with E-state index in [-0.39, 0.29) is 5.91 Å². The maximum atomic E-state index is 12.9. The number of aryl methyl sites for hydroxylation is 2. The van der Waals surface area contributed by atoms with Gasteiger partial charge < -0.3 is 9.64 Å². The number of nitrogens with zero attached hydrogens (tertiary/aromatic N) is 4. The highest BCUT2D eigenvalue weighted by molar-refractivity contribution is 6.30. The fourth-order valence-corrected chi connectivity index (χ4v) is 3.02. The third kappa shape index (κ3) is 4.11. The second kappa shape index (κ2) is 7.80. The molecule has 1 heterocycles. The van der Waals surface area contributed by atoms with Crippen molar-refractivity contribution in [2.24, 2.45) is 0 Å². The van der Waals surface area contributed by atoms with Crippen LogP contribution in [0.4, 0.5) is 0 Å². The number of carbonyl (C=O) groups is 1. The summed E-state index contributed by atoms with van der Waals surface area (Å²) >= 11 is 6.03. The molecule has 0 radical (unpaired) electrons. The van der Waals surface area contributed by atoms with E-state index < -0.39 is 0 Å². The van der Waals surface area contributed by atoms with E-state index in [1.54, 1.807) is 38.1 Å². The van der Waals surface area contributed by atoms with Gasteiger partial charge >= 0.3 is 0 Å². The Kier molecular flexibility index (Phi) is 5.46. The minimum atomic E-state index is -0.204. The fourth-order valence-electron chi connectivity index (χ4n) is 2.83. The van der Waals surface area contributed by atoms with Gasteiger partial charge in [0.1, 0.15) is 5.75 Å². The van der Waals surface area contributed by atoms with Gasteiger partial charge in [0.15, 0.2) is 5.69 Å². The minimum absolute atomic E-state index is 0.204. The van der Waals surface area contributed by atoms with E-state index in [4.69, 9.17) is 16.3 Å². The molecule has 0 aliphatic heterocycles. The van der Waals surface area contributed by atoms with Crippen molar-refractivity contribution in [2.75, 3.05) is 14.2 Å². The van der Waals surface area contributed by atoms with E-state index in [1.807, 2.05) is 37.3 Å². The van der Waals surface area contributed by atoms with Crippen LogP contribution in [0.2, 0.25) is 5.02 Å². The van der Waals surface area contributed by atoms with E-state index in [0.717, 1.165) is 16.9 Å². The second-order valence-electron chi connectivity index (χ2n) is 6.38. The summed E-state index contributed by atoms with van der Waals surface area (Å²) in [6.45, 7) is 4.18. The SMILES string of the molecule is COc1ccc(C)cc1CN(C)C(=O)c1nn(-c2cccc(Cl)c2)nc1C. The molecular formula is C20H21ClN4O2. The minimum Gasteiger partial charge on any atom is -0.496 e. The summed E-state index contributed by atoms with van der Waals surface area (Å²) in [5.41, 5.74) is 3.61. The Hall–Kier alpha value is -2.86. The van der Waals surface area contributed by atoms with Crippen molar-refractivity contribution in [3.05, 3.63) is 70.0 Å². The predicted molar refractivity (Wildman–Crippen MR) is 105 cm³/mol. The molecule has 0 aliphatic carbocycles. The van der Waals surface area contributed by atoms with Gasteiger partial charge in [0.25, 0.3) is 5.91 Å². The van der Waals surface area contributed by atoms with Crippen LogP contribution in [0, 0.1) is 13.8 Å². The number of methoxy groups -OCH3 is 1. The summed E-state index contributed by atoms with van der Waals surface area (Å²) in [4.78, 5) is 15.9. The molecule has 0 atom stereocenters. The molecule has 140 valence electrons. The number of hydrogen-bond acceptors (Lipinski definition) is 4. The molecule has 0 saturated carbocycles. The van der Waals surface area contributed by atoms with Gasteiger partial charge in [-0.2, -0.15) is 9.90 Å². The van der Waals surface area contributed by atoms with Gasteiger partial charge in [-0.3, -0.25) is 4.79 Å². The predicted octanol–water partition coefficient (Wildman–Crippen LogP) is 3.82. The van der Waals surface area contributed by atoms with Crippen molar-refractivity contribution in [3.8, 4) is 11.4 Å². The highest BCUT2D eigenvalue weighted by Gasteiger charge is 2.21. The van der Waals surface area contributed by atoms with E-state index >= 15 is 0 Å². The van der Waals surface area contributed by atoms with E-state index in [1.165, 1.54) is 4.80 Å². The monoisotopic (exact) mass is 384 g/mol.